The zero-order valence-electron chi connectivity index (χ0n) is 26.1. The first kappa shape index (κ1) is 32.8. The molecule has 1 aliphatic carbocycles. The smallest absolute Gasteiger partial charge is 0.264 e. The van der Waals surface area contributed by atoms with E-state index in [1.54, 1.807) is 42.5 Å². The number of anilines is 1. The lowest BCUT2D eigenvalue weighted by molar-refractivity contribution is -0.140. The number of hydrogen-bond donors (Lipinski definition) is 1. The molecule has 0 bridgehead atoms. The number of rotatable bonds is 13. The number of ether oxygens (including phenoxy) is 1. The molecule has 5 rings (SSSR count). The second-order valence-electron chi connectivity index (χ2n) is 11.6. The van der Waals surface area contributed by atoms with Crippen molar-refractivity contribution in [3.8, 4) is 5.75 Å². The minimum absolute atomic E-state index is 0.0439. The number of sulfonamides is 1. The summed E-state index contributed by atoms with van der Waals surface area (Å²) in [6, 6.07) is 32.9. The zero-order chi connectivity index (χ0) is 32.4. The molecule has 0 spiro atoms. The monoisotopic (exact) mass is 639 g/mol. The second-order valence-corrected chi connectivity index (χ2v) is 13.4. The minimum atomic E-state index is -4.16. The van der Waals surface area contributed by atoms with Crippen molar-refractivity contribution >= 4 is 27.5 Å². The van der Waals surface area contributed by atoms with Crippen molar-refractivity contribution in [1.82, 2.24) is 10.2 Å². The Hall–Kier alpha value is -4.63. The SMILES string of the molecule is COc1ccc(N(CC(=O)N(Cc2ccccc2)[C@H](Cc2ccccc2)C(=O)NC2CCCCC2)S(=O)(=O)c2ccccc2)cc1. The van der Waals surface area contributed by atoms with Crippen molar-refractivity contribution in [2.45, 2.75) is 62.0 Å². The first-order valence-electron chi connectivity index (χ1n) is 15.7. The normalized spacial score (nSPS) is 14.2. The van der Waals surface area contributed by atoms with E-state index in [9.17, 15) is 18.0 Å². The molecule has 46 heavy (non-hydrogen) atoms. The van der Waals surface area contributed by atoms with Crippen LogP contribution in [-0.2, 0) is 32.6 Å². The Morgan fingerprint density at radius 1 is 0.783 bits per heavy atom. The summed E-state index contributed by atoms with van der Waals surface area (Å²) in [7, 11) is -2.63. The van der Waals surface area contributed by atoms with E-state index in [1.165, 1.54) is 24.1 Å². The number of nitrogens with zero attached hydrogens (tertiary/aromatic N) is 2. The maximum Gasteiger partial charge on any atom is 0.264 e. The van der Waals surface area contributed by atoms with E-state index in [0.717, 1.165) is 47.5 Å². The lowest BCUT2D eigenvalue weighted by Gasteiger charge is -2.35. The Morgan fingerprint density at radius 3 is 1.93 bits per heavy atom. The Bertz CT molecular complexity index is 1660. The van der Waals surface area contributed by atoms with Crippen LogP contribution in [0.2, 0.25) is 0 Å². The molecule has 9 heteroatoms. The molecule has 4 aromatic rings. The van der Waals surface area contributed by atoms with E-state index < -0.39 is 28.5 Å². The molecule has 240 valence electrons. The van der Waals surface area contributed by atoms with Crippen molar-refractivity contribution in [1.29, 1.82) is 0 Å². The summed E-state index contributed by atoms with van der Waals surface area (Å²) in [4.78, 5) is 30.3. The van der Waals surface area contributed by atoms with Crippen molar-refractivity contribution in [2.24, 2.45) is 0 Å². The summed E-state index contributed by atoms with van der Waals surface area (Å²) >= 11 is 0. The van der Waals surface area contributed by atoms with Crippen molar-refractivity contribution in [2.75, 3.05) is 18.0 Å². The molecule has 0 aliphatic heterocycles. The van der Waals surface area contributed by atoms with Gasteiger partial charge < -0.3 is 15.0 Å². The van der Waals surface area contributed by atoms with Crippen LogP contribution in [0.15, 0.2) is 120 Å². The van der Waals surface area contributed by atoms with Crippen LogP contribution in [0.4, 0.5) is 5.69 Å². The summed E-state index contributed by atoms with van der Waals surface area (Å²) in [5.41, 5.74) is 2.05. The molecule has 4 aromatic carbocycles. The van der Waals surface area contributed by atoms with Gasteiger partial charge in [0.15, 0.2) is 0 Å². The topological polar surface area (TPSA) is 96.0 Å². The highest BCUT2D eigenvalue weighted by atomic mass is 32.2. The molecule has 0 unspecified atom stereocenters. The van der Waals surface area contributed by atoms with Gasteiger partial charge in [0.2, 0.25) is 11.8 Å². The maximum absolute atomic E-state index is 14.6. The standard InChI is InChI=1S/C37H41N3O5S/c1-45-33-24-22-32(23-25-33)40(46(43,44)34-20-12-5-13-21-34)28-36(41)39(27-30-16-8-3-9-17-30)35(26-29-14-6-2-7-15-29)37(42)38-31-18-10-4-11-19-31/h2-3,5-9,12-17,20-25,31,35H,4,10-11,18-19,26-28H2,1H3,(H,38,42)/t35-/m1/s1. The van der Waals surface area contributed by atoms with Gasteiger partial charge in [-0.2, -0.15) is 0 Å². The molecule has 1 saturated carbocycles. The van der Waals surface area contributed by atoms with Gasteiger partial charge in [-0.25, -0.2) is 8.42 Å². The van der Waals surface area contributed by atoms with Gasteiger partial charge in [-0.1, -0.05) is 98.1 Å². The fourth-order valence-electron chi connectivity index (χ4n) is 5.88. The third kappa shape index (κ3) is 8.34. The molecule has 0 saturated heterocycles. The van der Waals surface area contributed by atoms with Gasteiger partial charge >= 0.3 is 0 Å². The quantitative estimate of drug-likeness (QED) is 0.194. The molecule has 1 N–H and O–H groups in total. The number of benzene rings is 4. The first-order chi connectivity index (χ1) is 22.3. The highest BCUT2D eigenvalue weighted by Crippen LogP contribution is 2.27. The van der Waals surface area contributed by atoms with Crippen LogP contribution in [0.3, 0.4) is 0 Å². The largest absolute Gasteiger partial charge is 0.497 e. The van der Waals surface area contributed by atoms with Crippen LogP contribution in [0.5, 0.6) is 5.75 Å². The first-order valence-corrected chi connectivity index (χ1v) is 17.2. The van der Waals surface area contributed by atoms with Crippen LogP contribution in [0.1, 0.15) is 43.2 Å². The lowest BCUT2D eigenvalue weighted by atomic mass is 9.94. The summed E-state index contributed by atoms with van der Waals surface area (Å²) in [5, 5.41) is 3.24. The lowest BCUT2D eigenvalue weighted by Crippen LogP contribution is -2.55. The Balaban J connectivity index is 1.54. The van der Waals surface area contributed by atoms with Gasteiger partial charge in [0.05, 0.1) is 17.7 Å². The number of carbonyl (C=O) groups excluding carboxylic acids is 2. The van der Waals surface area contributed by atoms with E-state index >= 15 is 0 Å². The Labute approximate surface area is 272 Å². The molecule has 1 atom stereocenters. The van der Waals surface area contributed by atoms with Gasteiger partial charge in [0, 0.05) is 19.0 Å². The fraction of sp³-hybridized carbons (Fsp3) is 0.297. The summed E-state index contributed by atoms with van der Waals surface area (Å²) in [6.45, 7) is -0.366. The van der Waals surface area contributed by atoms with Crippen LogP contribution in [0, 0.1) is 0 Å². The van der Waals surface area contributed by atoms with Gasteiger partial charge in [0.25, 0.3) is 10.0 Å². The Morgan fingerprint density at radius 2 is 1.35 bits per heavy atom. The van der Waals surface area contributed by atoms with Crippen molar-refractivity contribution < 1.29 is 22.7 Å². The van der Waals surface area contributed by atoms with Crippen molar-refractivity contribution in [3.05, 3.63) is 126 Å². The van der Waals surface area contributed by atoms with E-state index in [2.05, 4.69) is 5.32 Å². The minimum Gasteiger partial charge on any atom is -0.497 e. The van der Waals surface area contributed by atoms with Gasteiger partial charge in [-0.3, -0.25) is 13.9 Å². The summed E-state index contributed by atoms with van der Waals surface area (Å²) in [5.74, 6) is -0.166. The van der Waals surface area contributed by atoms with E-state index in [4.69, 9.17) is 4.74 Å². The molecule has 0 heterocycles. The molecular formula is C37H41N3O5S. The van der Waals surface area contributed by atoms with Crippen molar-refractivity contribution in [3.63, 3.8) is 0 Å². The van der Waals surface area contributed by atoms with Gasteiger partial charge in [0.1, 0.15) is 18.3 Å². The highest BCUT2D eigenvalue weighted by Gasteiger charge is 2.35. The van der Waals surface area contributed by atoms with Crippen LogP contribution >= 0.6 is 0 Å². The van der Waals surface area contributed by atoms with Gasteiger partial charge in [-0.15, -0.1) is 0 Å². The Kier molecular flexibility index (Phi) is 11.1. The molecule has 8 nitrogen and oxygen atoms in total. The van der Waals surface area contributed by atoms with Crippen LogP contribution in [0.25, 0.3) is 0 Å². The number of hydrogen-bond acceptors (Lipinski definition) is 5. The average Bonchev–Trinajstić information content (AvgIpc) is 3.10. The molecule has 1 aliphatic rings. The predicted molar refractivity (Wildman–Crippen MR) is 180 cm³/mol. The average molecular weight is 640 g/mol. The number of carbonyl (C=O) groups is 2. The second kappa shape index (κ2) is 15.6. The predicted octanol–water partition coefficient (Wildman–Crippen LogP) is 5.98. The molecular weight excluding hydrogens is 598 g/mol. The fourth-order valence-corrected chi connectivity index (χ4v) is 7.31. The third-order valence-electron chi connectivity index (χ3n) is 8.39. The molecule has 1 fully saturated rings. The number of amides is 2. The molecule has 2 amide bonds. The highest BCUT2D eigenvalue weighted by molar-refractivity contribution is 7.92. The van der Waals surface area contributed by atoms with E-state index in [1.807, 2.05) is 60.7 Å². The van der Waals surface area contributed by atoms with Crippen LogP contribution in [-0.4, -0.2) is 50.9 Å². The summed E-state index contributed by atoms with van der Waals surface area (Å²) in [6.07, 6.45) is 5.33. The third-order valence-corrected chi connectivity index (χ3v) is 10.2. The zero-order valence-corrected chi connectivity index (χ0v) is 26.9. The molecule has 0 aromatic heterocycles. The summed E-state index contributed by atoms with van der Waals surface area (Å²) < 4.78 is 34.6. The maximum atomic E-state index is 14.6. The van der Waals surface area contributed by atoms with Gasteiger partial charge in [-0.05, 0) is 60.4 Å². The van der Waals surface area contributed by atoms with E-state index in [0.29, 0.717) is 11.4 Å². The van der Waals surface area contributed by atoms with E-state index in [-0.39, 0.29) is 29.8 Å². The van der Waals surface area contributed by atoms with Crippen LogP contribution < -0.4 is 14.4 Å². The number of methoxy groups -OCH3 is 1. The molecule has 0 radical (unpaired) electrons. The number of nitrogens with one attached hydrogen (secondary N) is 1.